The minimum absolute atomic E-state index is 0.280. The molecule has 2 atom stereocenters. The minimum atomic E-state index is -3.44. The van der Waals surface area contributed by atoms with E-state index in [0.29, 0.717) is 32.3 Å². The Labute approximate surface area is 131 Å². The van der Waals surface area contributed by atoms with Crippen LogP contribution >= 0.6 is 0 Å². The molecule has 1 aromatic rings. The predicted octanol–water partition coefficient (Wildman–Crippen LogP) is 1.09. The van der Waals surface area contributed by atoms with Crippen LogP contribution in [-0.4, -0.2) is 56.6 Å². The van der Waals surface area contributed by atoms with Gasteiger partial charge in [-0.15, -0.1) is 0 Å². The molecule has 3 heterocycles. The van der Waals surface area contributed by atoms with Gasteiger partial charge < -0.3 is 9.64 Å². The van der Waals surface area contributed by atoms with E-state index in [9.17, 15) is 8.42 Å². The molecule has 6 nitrogen and oxygen atoms in total. The molecular weight excluding hydrogens is 302 g/mol. The van der Waals surface area contributed by atoms with Gasteiger partial charge in [-0.2, -0.15) is 4.31 Å². The number of ether oxygens (including phenoxy) is 1. The van der Waals surface area contributed by atoms with Gasteiger partial charge in [-0.05, 0) is 37.3 Å². The fourth-order valence-corrected chi connectivity index (χ4v) is 5.19. The van der Waals surface area contributed by atoms with Crippen LogP contribution in [0.1, 0.15) is 19.3 Å². The van der Waals surface area contributed by atoms with E-state index in [-0.39, 0.29) is 4.90 Å². The first-order valence-electron chi connectivity index (χ1n) is 7.95. The van der Waals surface area contributed by atoms with E-state index >= 15 is 0 Å². The summed E-state index contributed by atoms with van der Waals surface area (Å²) in [4.78, 5) is 7.04. The molecule has 7 heteroatoms. The summed E-state index contributed by atoms with van der Waals surface area (Å²) in [6, 6.07) is 4.15. The summed E-state index contributed by atoms with van der Waals surface area (Å²) in [5.74, 6) is 1.71. The molecule has 22 heavy (non-hydrogen) atoms. The number of anilines is 1. The van der Waals surface area contributed by atoms with Crippen molar-refractivity contribution in [1.29, 1.82) is 0 Å². The Morgan fingerprint density at radius 2 is 2.00 bits per heavy atom. The molecule has 1 aromatic heterocycles. The van der Waals surface area contributed by atoms with Crippen LogP contribution in [0.3, 0.4) is 0 Å². The number of hydrogen-bond donors (Lipinski definition) is 0. The van der Waals surface area contributed by atoms with Crippen LogP contribution in [0.15, 0.2) is 23.2 Å². The normalized spacial score (nSPS) is 29.2. The molecule has 1 aliphatic carbocycles. The number of rotatable bonds is 3. The first-order chi connectivity index (χ1) is 10.6. The zero-order chi connectivity index (χ0) is 15.2. The summed E-state index contributed by atoms with van der Waals surface area (Å²) in [6.07, 6.45) is 5.33. The number of fused-ring (bicyclic) bond motifs is 2. The van der Waals surface area contributed by atoms with Crippen molar-refractivity contribution in [3.63, 3.8) is 0 Å². The molecule has 3 aliphatic rings. The number of hydrogen-bond acceptors (Lipinski definition) is 5. The lowest BCUT2D eigenvalue weighted by molar-refractivity contribution is 0.0730. The molecule has 120 valence electrons. The van der Waals surface area contributed by atoms with Crippen molar-refractivity contribution in [2.45, 2.75) is 30.2 Å². The Kier molecular flexibility index (Phi) is 3.58. The average Bonchev–Trinajstić information content (AvgIpc) is 3.19. The van der Waals surface area contributed by atoms with Crippen LogP contribution in [0.2, 0.25) is 0 Å². The standard InChI is InChI=1S/C15H21N3O3S/c19-22(20,17-5-7-21-8-6-17)14-3-4-15(16-10-14)18-11-12-1-2-13(18)9-12/h3-4,10,12-13H,1-2,5-9,11H2. The molecule has 0 amide bonds. The number of morpholine rings is 1. The van der Waals surface area contributed by atoms with E-state index < -0.39 is 10.0 Å². The van der Waals surface area contributed by atoms with Crippen LogP contribution in [-0.2, 0) is 14.8 Å². The van der Waals surface area contributed by atoms with E-state index in [1.165, 1.54) is 29.8 Å². The van der Waals surface area contributed by atoms with Gasteiger partial charge in [0.1, 0.15) is 10.7 Å². The summed E-state index contributed by atoms with van der Waals surface area (Å²) in [5.41, 5.74) is 0. The average molecular weight is 323 g/mol. The van der Waals surface area contributed by atoms with E-state index in [2.05, 4.69) is 9.88 Å². The second kappa shape index (κ2) is 5.47. The van der Waals surface area contributed by atoms with Crippen molar-refractivity contribution in [3.8, 4) is 0 Å². The van der Waals surface area contributed by atoms with Crippen molar-refractivity contribution in [2.75, 3.05) is 37.7 Å². The van der Waals surface area contributed by atoms with Crippen molar-refractivity contribution >= 4 is 15.8 Å². The summed E-state index contributed by atoms with van der Waals surface area (Å²) in [5, 5.41) is 0. The molecule has 2 saturated heterocycles. The lowest BCUT2D eigenvalue weighted by Crippen LogP contribution is -2.40. The molecule has 2 aliphatic heterocycles. The van der Waals surface area contributed by atoms with E-state index in [4.69, 9.17) is 4.74 Å². The van der Waals surface area contributed by atoms with Gasteiger partial charge in [0.2, 0.25) is 10.0 Å². The molecule has 2 unspecified atom stereocenters. The van der Waals surface area contributed by atoms with E-state index in [1.54, 1.807) is 6.07 Å². The highest BCUT2D eigenvalue weighted by molar-refractivity contribution is 7.89. The molecule has 0 spiro atoms. The molecule has 2 bridgehead atoms. The summed E-state index contributed by atoms with van der Waals surface area (Å²) >= 11 is 0. The smallest absolute Gasteiger partial charge is 0.244 e. The first kappa shape index (κ1) is 14.4. The van der Waals surface area contributed by atoms with E-state index in [0.717, 1.165) is 18.3 Å². The Balaban J connectivity index is 1.54. The molecule has 0 radical (unpaired) electrons. The van der Waals surface area contributed by atoms with Gasteiger partial charge in [0.25, 0.3) is 0 Å². The third-order valence-corrected chi connectivity index (χ3v) is 6.91. The van der Waals surface area contributed by atoms with Crippen LogP contribution in [0, 0.1) is 5.92 Å². The molecule has 4 rings (SSSR count). The highest BCUT2D eigenvalue weighted by Gasteiger charge is 2.38. The predicted molar refractivity (Wildman–Crippen MR) is 82.3 cm³/mol. The second-order valence-electron chi connectivity index (χ2n) is 6.35. The summed E-state index contributed by atoms with van der Waals surface area (Å²) < 4.78 is 31.8. The van der Waals surface area contributed by atoms with Gasteiger partial charge in [0.05, 0.1) is 13.2 Å². The van der Waals surface area contributed by atoms with E-state index in [1.807, 2.05) is 6.07 Å². The lowest BCUT2D eigenvalue weighted by Gasteiger charge is -2.28. The van der Waals surface area contributed by atoms with Gasteiger partial charge in [0.15, 0.2) is 0 Å². The van der Waals surface area contributed by atoms with Gasteiger partial charge in [0, 0.05) is 31.9 Å². The van der Waals surface area contributed by atoms with Crippen LogP contribution in [0.4, 0.5) is 5.82 Å². The van der Waals surface area contributed by atoms with Crippen LogP contribution < -0.4 is 4.90 Å². The van der Waals surface area contributed by atoms with Crippen molar-refractivity contribution in [2.24, 2.45) is 5.92 Å². The highest BCUT2D eigenvalue weighted by Crippen LogP contribution is 2.39. The van der Waals surface area contributed by atoms with Crippen LogP contribution in [0.25, 0.3) is 0 Å². The largest absolute Gasteiger partial charge is 0.379 e. The van der Waals surface area contributed by atoms with Crippen molar-refractivity contribution < 1.29 is 13.2 Å². The Hall–Kier alpha value is -1.18. The van der Waals surface area contributed by atoms with Crippen LogP contribution in [0.5, 0.6) is 0 Å². The quantitative estimate of drug-likeness (QED) is 0.833. The lowest BCUT2D eigenvalue weighted by atomic mass is 10.1. The van der Waals surface area contributed by atoms with Gasteiger partial charge >= 0.3 is 0 Å². The number of nitrogens with zero attached hydrogens (tertiary/aromatic N) is 3. The molecule has 0 aromatic carbocycles. The van der Waals surface area contributed by atoms with Gasteiger partial charge in [-0.1, -0.05) is 0 Å². The van der Waals surface area contributed by atoms with Gasteiger partial charge in [-0.25, -0.2) is 13.4 Å². The number of pyridine rings is 1. The SMILES string of the molecule is O=S(=O)(c1ccc(N2CC3CCC2C3)nc1)N1CCOCC1. The zero-order valence-electron chi connectivity index (χ0n) is 12.5. The molecule has 1 saturated carbocycles. The Bertz CT molecular complexity index is 641. The minimum Gasteiger partial charge on any atom is -0.379 e. The fraction of sp³-hybridized carbons (Fsp3) is 0.667. The zero-order valence-corrected chi connectivity index (χ0v) is 13.3. The molecule has 3 fully saturated rings. The van der Waals surface area contributed by atoms with Crippen molar-refractivity contribution in [3.05, 3.63) is 18.3 Å². The maximum atomic E-state index is 12.6. The number of sulfonamides is 1. The monoisotopic (exact) mass is 323 g/mol. The Morgan fingerprint density at radius 1 is 1.18 bits per heavy atom. The highest BCUT2D eigenvalue weighted by atomic mass is 32.2. The third-order valence-electron chi connectivity index (χ3n) is 5.03. The second-order valence-corrected chi connectivity index (χ2v) is 8.29. The van der Waals surface area contributed by atoms with Crippen molar-refractivity contribution in [1.82, 2.24) is 9.29 Å². The fourth-order valence-electron chi connectivity index (χ4n) is 3.84. The van der Waals surface area contributed by atoms with Gasteiger partial charge in [-0.3, -0.25) is 0 Å². The number of aromatic nitrogens is 1. The summed E-state index contributed by atoms with van der Waals surface area (Å²) in [6.45, 7) is 2.82. The molecular formula is C15H21N3O3S. The maximum Gasteiger partial charge on any atom is 0.244 e. The third kappa shape index (κ3) is 2.41. The Morgan fingerprint density at radius 3 is 2.59 bits per heavy atom. The first-order valence-corrected chi connectivity index (χ1v) is 9.39. The maximum absolute atomic E-state index is 12.6. The topological polar surface area (TPSA) is 62.7 Å². The molecule has 0 N–H and O–H groups in total. The number of piperidine rings is 1. The summed E-state index contributed by atoms with van der Waals surface area (Å²) in [7, 11) is -3.44.